The van der Waals surface area contributed by atoms with Gasteiger partial charge in [-0.15, -0.1) is 0 Å². The molecule has 0 N–H and O–H groups in total. The zero-order valence-corrected chi connectivity index (χ0v) is 8.79. The highest BCUT2D eigenvalue weighted by Crippen LogP contribution is 2.25. The van der Waals surface area contributed by atoms with E-state index < -0.39 is 0 Å². The Labute approximate surface area is 88.9 Å². The topological polar surface area (TPSA) is 22.1 Å². The molecular formula is C13H13NO. The molecule has 2 nitrogen and oxygen atoms in total. The smallest absolute Gasteiger partial charge is 0.0891 e. The Hall–Kier alpha value is -1.41. The molecule has 1 aromatic carbocycles. The summed E-state index contributed by atoms with van der Waals surface area (Å²) in [6.45, 7) is 3.68. The number of nitrogens with zero attached hydrogens (tertiary/aromatic N) is 1. The van der Waals surface area contributed by atoms with Gasteiger partial charge in [-0.2, -0.15) is 0 Å². The van der Waals surface area contributed by atoms with Crippen LogP contribution < -0.4 is 0 Å². The Morgan fingerprint density at radius 2 is 2.13 bits per heavy atom. The maximum Gasteiger partial charge on any atom is 0.0891 e. The van der Waals surface area contributed by atoms with Gasteiger partial charge in [-0.3, -0.25) is 4.98 Å². The van der Waals surface area contributed by atoms with Crippen LogP contribution in [0.25, 0.3) is 10.9 Å². The number of hydrogen-bond acceptors (Lipinski definition) is 2. The predicted octanol–water partition coefficient (Wildman–Crippen LogP) is 2.62. The molecule has 15 heavy (non-hydrogen) atoms. The Bertz CT molecular complexity index is 519. The van der Waals surface area contributed by atoms with Gasteiger partial charge in [0.25, 0.3) is 0 Å². The molecule has 1 aliphatic heterocycles. The van der Waals surface area contributed by atoms with Crippen molar-refractivity contribution in [2.75, 3.05) is 6.61 Å². The average Bonchev–Trinajstić information content (AvgIpc) is 2.30. The van der Waals surface area contributed by atoms with E-state index in [-0.39, 0.29) is 0 Å². The molecule has 0 amide bonds. The van der Waals surface area contributed by atoms with E-state index in [2.05, 4.69) is 30.1 Å². The monoisotopic (exact) mass is 199 g/mol. The van der Waals surface area contributed by atoms with Gasteiger partial charge in [0.05, 0.1) is 24.4 Å². The van der Waals surface area contributed by atoms with Crippen LogP contribution in [-0.2, 0) is 17.8 Å². The van der Waals surface area contributed by atoms with Crippen LogP contribution in [0, 0.1) is 6.92 Å². The normalized spacial score (nSPS) is 15.3. The van der Waals surface area contributed by atoms with Crippen molar-refractivity contribution in [3.63, 3.8) is 0 Å². The zero-order chi connectivity index (χ0) is 10.3. The number of hydrogen-bond donors (Lipinski definition) is 0. The third-order valence-corrected chi connectivity index (χ3v) is 3.10. The first-order valence-electron chi connectivity index (χ1n) is 5.31. The van der Waals surface area contributed by atoms with E-state index in [1.54, 1.807) is 0 Å². The highest BCUT2D eigenvalue weighted by atomic mass is 16.5. The minimum Gasteiger partial charge on any atom is -0.375 e. The lowest BCUT2D eigenvalue weighted by atomic mass is 9.98. The minimum absolute atomic E-state index is 0.668. The maximum absolute atomic E-state index is 5.44. The summed E-state index contributed by atoms with van der Waals surface area (Å²) >= 11 is 0. The predicted molar refractivity (Wildman–Crippen MR) is 59.8 cm³/mol. The molecule has 76 valence electrons. The van der Waals surface area contributed by atoms with Crippen molar-refractivity contribution < 1.29 is 4.74 Å². The first-order valence-corrected chi connectivity index (χ1v) is 5.31. The van der Waals surface area contributed by atoms with E-state index in [1.807, 2.05) is 6.07 Å². The fourth-order valence-corrected chi connectivity index (χ4v) is 2.27. The van der Waals surface area contributed by atoms with Crippen molar-refractivity contribution in [1.29, 1.82) is 0 Å². The van der Waals surface area contributed by atoms with Gasteiger partial charge in [-0.1, -0.05) is 18.2 Å². The molecule has 0 saturated heterocycles. The number of benzene rings is 1. The first kappa shape index (κ1) is 8.86. The second kappa shape index (κ2) is 3.31. The number of aromatic nitrogens is 1. The minimum atomic E-state index is 0.668. The molecule has 2 heteroatoms. The van der Waals surface area contributed by atoms with Gasteiger partial charge in [0.2, 0.25) is 0 Å². The number of rotatable bonds is 0. The van der Waals surface area contributed by atoms with Crippen molar-refractivity contribution in [2.24, 2.45) is 0 Å². The second-order valence-corrected chi connectivity index (χ2v) is 3.98. The van der Waals surface area contributed by atoms with Crippen molar-refractivity contribution >= 4 is 10.9 Å². The zero-order valence-electron chi connectivity index (χ0n) is 8.79. The molecule has 3 rings (SSSR count). The number of ether oxygens (including phenoxy) is 1. The summed E-state index contributed by atoms with van der Waals surface area (Å²) in [7, 11) is 0. The quantitative estimate of drug-likeness (QED) is 0.650. The van der Waals surface area contributed by atoms with E-state index >= 15 is 0 Å². The summed E-state index contributed by atoms with van der Waals surface area (Å²) in [5.41, 5.74) is 4.97. The molecule has 0 aliphatic carbocycles. The largest absolute Gasteiger partial charge is 0.375 e. The Balaban J connectivity index is 2.36. The summed E-state index contributed by atoms with van der Waals surface area (Å²) in [6.07, 6.45) is 0.999. The molecule has 0 atom stereocenters. The summed E-state index contributed by atoms with van der Waals surface area (Å²) in [4.78, 5) is 4.65. The highest BCUT2D eigenvalue weighted by molar-refractivity contribution is 5.83. The van der Waals surface area contributed by atoms with Gasteiger partial charge in [-0.25, -0.2) is 0 Å². The van der Waals surface area contributed by atoms with Crippen LogP contribution in [0.15, 0.2) is 24.3 Å². The summed E-state index contributed by atoms with van der Waals surface area (Å²) in [5, 5.41) is 1.28. The standard InChI is InChI=1S/C13H13NO/c1-9-10-4-2-3-5-12(10)14-13-8-15-7-6-11(9)13/h2-5H,6-8H2,1H3. The number of aryl methyl sites for hydroxylation is 1. The molecule has 0 unspecified atom stereocenters. The lowest BCUT2D eigenvalue weighted by Gasteiger charge is -2.19. The SMILES string of the molecule is Cc1c2c(nc3ccccc13)COCC2. The molecule has 0 saturated carbocycles. The molecule has 2 heterocycles. The summed E-state index contributed by atoms with van der Waals surface area (Å²) < 4.78 is 5.44. The molecule has 2 aromatic rings. The fourth-order valence-electron chi connectivity index (χ4n) is 2.27. The van der Waals surface area contributed by atoms with Crippen LogP contribution >= 0.6 is 0 Å². The maximum atomic E-state index is 5.44. The van der Waals surface area contributed by atoms with Crippen LogP contribution in [0.5, 0.6) is 0 Å². The number of fused-ring (bicyclic) bond motifs is 2. The average molecular weight is 199 g/mol. The van der Waals surface area contributed by atoms with Gasteiger partial charge in [0.15, 0.2) is 0 Å². The molecule has 0 spiro atoms. The van der Waals surface area contributed by atoms with Crippen molar-refractivity contribution in [2.45, 2.75) is 20.0 Å². The van der Waals surface area contributed by atoms with Gasteiger partial charge in [-0.05, 0) is 30.5 Å². The van der Waals surface area contributed by atoms with Crippen LogP contribution in [0.1, 0.15) is 16.8 Å². The van der Waals surface area contributed by atoms with Gasteiger partial charge >= 0.3 is 0 Å². The number of pyridine rings is 1. The lowest BCUT2D eigenvalue weighted by Crippen LogP contribution is -2.13. The van der Waals surface area contributed by atoms with Gasteiger partial charge < -0.3 is 4.74 Å². The molecule has 0 bridgehead atoms. The van der Waals surface area contributed by atoms with Crippen LogP contribution in [0.2, 0.25) is 0 Å². The lowest BCUT2D eigenvalue weighted by molar-refractivity contribution is 0.107. The second-order valence-electron chi connectivity index (χ2n) is 3.98. The van der Waals surface area contributed by atoms with E-state index in [1.165, 1.54) is 16.5 Å². The van der Waals surface area contributed by atoms with Crippen molar-refractivity contribution in [3.8, 4) is 0 Å². The first-order chi connectivity index (χ1) is 7.36. The van der Waals surface area contributed by atoms with Crippen LogP contribution in [-0.4, -0.2) is 11.6 Å². The van der Waals surface area contributed by atoms with E-state index in [9.17, 15) is 0 Å². The van der Waals surface area contributed by atoms with Gasteiger partial charge in [0, 0.05) is 5.39 Å². The molecule has 0 radical (unpaired) electrons. The van der Waals surface area contributed by atoms with Crippen molar-refractivity contribution in [3.05, 3.63) is 41.1 Å². The molecule has 1 aromatic heterocycles. The Morgan fingerprint density at radius 3 is 3.07 bits per heavy atom. The van der Waals surface area contributed by atoms with Crippen molar-refractivity contribution in [1.82, 2.24) is 4.98 Å². The van der Waals surface area contributed by atoms with Gasteiger partial charge in [0.1, 0.15) is 0 Å². The third-order valence-electron chi connectivity index (χ3n) is 3.10. The highest BCUT2D eigenvalue weighted by Gasteiger charge is 2.15. The van der Waals surface area contributed by atoms with Crippen LogP contribution in [0.3, 0.4) is 0 Å². The van der Waals surface area contributed by atoms with E-state index in [0.29, 0.717) is 6.61 Å². The molecule has 0 fully saturated rings. The van der Waals surface area contributed by atoms with E-state index in [4.69, 9.17) is 4.74 Å². The molecule has 1 aliphatic rings. The van der Waals surface area contributed by atoms with E-state index in [0.717, 1.165) is 24.2 Å². The van der Waals surface area contributed by atoms with Crippen LogP contribution in [0.4, 0.5) is 0 Å². The fraction of sp³-hybridized carbons (Fsp3) is 0.308. The summed E-state index contributed by atoms with van der Waals surface area (Å²) in [6, 6.07) is 8.32. The number of para-hydroxylation sites is 1. The third kappa shape index (κ3) is 1.33. The Morgan fingerprint density at radius 1 is 1.27 bits per heavy atom. The summed E-state index contributed by atoms with van der Waals surface area (Å²) in [5.74, 6) is 0. The molecular weight excluding hydrogens is 186 g/mol. The Kier molecular flexibility index (Phi) is 1.96.